The molecular formula is C13H15FN2O3. The van der Waals surface area contributed by atoms with Gasteiger partial charge >= 0.3 is 0 Å². The molecule has 0 bridgehead atoms. The Morgan fingerprint density at radius 1 is 1.42 bits per heavy atom. The van der Waals surface area contributed by atoms with Gasteiger partial charge in [0.15, 0.2) is 11.6 Å². The quantitative estimate of drug-likeness (QED) is 0.871. The number of anilines is 1. The number of hydrogen-bond acceptors (Lipinski definition) is 3. The van der Waals surface area contributed by atoms with E-state index in [4.69, 9.17) is 4.74 Å². The molecule has 0 saturated carbocycles. The first-order valence-corrected chi connectivity index (χ1v) is 5.97. The lowest BCUT2D eigenvalue weighted by Crippen LogP contribution is -2.42. The second-order valence-electron chi connectivity index (χ2n) is 4.35. The number of carbonyl (C=O) groups excluding carboxylic acids is 2. The Labute approximate surface area is 110 Å². The van der Waals surface area contributed by atoms with E-state index >= 15 is 0 Å². The van der Waals surface area contributed by atoms with Gasteiger partial charge in [0, 0.05) is 24.7 Å². The van der Waals surface area contributed by atoms with Crippen LogP contribution >= 0.6 is 0 Å². The van der Waals surface area contributed by atoms with Crippen molar-refractivity contribution in [2.24, 2.45) is 0 Å². The van der Waals surface area contributed by atoms with Crippen LogP contribution in [0.2, 0.25) is 0 Å². The number of ether oxygens (including phenoxy) is 1. The van der Waals surface area contributed by atoms with Gasteiger partial charge in [-0.2, -0.15) is 0 Å². The van der Waals surface area contributed by atoms with Crippen molar-refractivity contribution >= 4 is 17.5 Å². The third-order valence-corrected chi connectivity index (χ3v) is 3.02. The minimum atomic E-state index is -0.611. The standard InChI is InChI=1S/C13H15FN2O3/c1-8-13(18)16(6-5-12(17)15-8)9-3-4-11(19-2)10(14)7-9/h3-4,7-8H,5-6H2,1-2H3,(H,15,17). The van der Waals surface area contributed by atoms with E-state index in [2.05, 4.69) is 5.32 Å². The largest absolute Gasteiger partial charge is 0.494 e. The van der Waals surface area contributed by atoms with E-state index in [0.29, 0.717) is 5.69 Å². The van der Waals surface area contributed by atoms with E-state index in [1.54, 1.807) is 13.0 Å². The van der Waals surface area contributed by atoms with Gasteiger partial charge in [0.2, 0.25) is 11.8 Å². The zero-order valence-electron chi connectivity index (χ0n) is 10.8. The SMILES string of the molecule is COc1ccc(N2CCC(=O)NC(C)C2=O)cc1F. The van der Waals surface area contributed by atoms with Gasteiger partial charge in [-0.15, -0.1) is 0 Å². The second kappa shape index (κ2) is 5.26. The van der Waals surface area contributed by atoms with Crippen LogP contribution in [0.5, 0.6) is 5.75 Å². The van der Waals surface area contributed by atoms with Gasteiger partial charge in [-0.1, -0.05) is 0 Å². The Balaban J connectivity index is 2.31. The van der Waals surface area contributed by atoms with Crippen molar-refractivity contribution in [3.05, 3.63) is 24.0 Å². The molecule has 102 valence electrons. The lowest BCUT2D eigenvalue weighted by Gasteiger charge is -2.22. The van der Waals surface area contributed by atoms with Crippen molar-refractivity contribution in [3.63, 3.8) is 0 Å². The minimum Gasteiger partial charge on any atom is -0.494 e. The first-order chi connectivity index (χ1) is 9.02. The number of carbonyl (C=O) groups is 2. The van der Waals surface area contributed by atoms with E-state index < -0.39 is 11.9 Å². The van der Waals surface area contributed by atoms with Crippen molar-refractivity contribution in [3.8, 4) is 5.75 Å². The Bertz CT molecular complexity index is 519. The molecule has 1 aliphatic rings. The van der Waals surface area contributed by atoms with Crippen LogP contribution in [-0.2, 0) is 9.59 Å². The van der Waals surface area contributed by atoms with Crippen molar-refractivity contribution in [1.29, 1.82) is 0 Å². The first-order valence-electron chi connectivity index (χ1n) is 5.97. The normalized spacial score (nSPS) is 19.9. The van der Waals surface area contributed by atoms with Gasteiger partial charge < -0.3 is 15.0 Å². The summed E-state index contributed by atoms with van der Waals surface area (Å²) in [7, 11) is 1.37. The summed E-state index contributed by atoms with van der Waals surface area (Å²) < 4.78 is 18.5. The van der Waals surface area contributed by atoms with Gasteiger partial charge in [-0.25, -0.2) is 4.39 Å². The molecule has 1 aliphatic heterocycles. The van der Waals surface area contributed by atoms with Gasteiger partial charge in [-0.05, 0) is 19.1 Å². The van der Waals surface area contributed by atoms with Crippen LogP contribution < -0.4 is 15.0 Å². The number of methoxy groups -OCH3 is 1. The van der Waals surface area contributed by atoms with Crippen LogP contribution in [-0.4, -0.2) is 31.5 Å². The van der Waals surface area contributed by atoms with E-state index in [9.17, 15) is 14.0 Å². The summed E-state index contributed by atoms with van der Waals surface area (Å²) in [5.41, 5.74) is 0.423. The molecule has 19 heavy (non-hydrogen) atoms. The van der Waals surface area contributed by atoms with Gasteiger partial charge in [0.1, 0.15) is 6.04 Å². The predicted octanol–water partition coefficient (Wildman–Crippen LogP) is 1.08. The van der Waals surface area contributed by atoms with Crippen LogP contribution in [0.3, 0.4) is 0 Å². The van der Waals surface area contributed by atoms with Crippen molar-refractivity contribution in [1.82, 2.24) is 5.32 Å². The molecule has 0 radical (unpaired) electrons. The Morgan fingerprint density at radius 2 is 2.16 bits per heavy atom. The molecule has 2 rings (SSSR count). The Kier molecular flexibility index (Phi) is 3.69. The fourth-order valence-corrected chi connectivity index (χ4v) is 2.01. The summed E-state index contributed by atoms with van der Waals surface area (Å²) in [6.07, 6.45) is 0.198. The molecule has 0 aromatic heterocycles. The molecule has 1 aromatic carbocycles. The van der Waals surface area contributed by atoms with E-state index in [1.807, 2.05) is 0 Å². The van der Waals surface area contributed by atoms with Crippen LogP contribution in [0.4, 0.5) is 10.1 Å². The highest BCUT2D eigenvalue weighted by atomic mass is 19.1. The number of hydrogen-bond donors (Lipinski definition) is 1. The average Bonchev–Trinajstić information content (AvgIpc) is 2.50. The van der Waals surface area contributed by atoms with E-state index in [0.717, 1.165) is 0 Å². The molecule has 0 spiro atoms. The maximum Gasteiger partial charge on any atom is 0.249 e. The maximum atomic E-state index is 13.7. The summed E-state index contributed by atoms with van der Waals surface area (Å²) in [6.45, 7) is 1.85. The van der Waals surface area contributed by atoms with Gasteiger partial charge in [-0.3, -0.25) is 9.59 Å². The predicted molar refractivity (Wildman–Crippen MR) is 67.5 cm³/mol. The topological polar surface area (TPSA) is 58.6 Å². The highest BCUT2D eigenvalue weighted by molar-refractivity contribution is 6.01. The Morgan fingerprint density at radius 3 is 2.79 bits per heavy atom. The zero-order chi connectivity index (χ0) is 14.0. The third-order valence-electron chi connectivity index (χ3n) is 3.02. The molecule has 1 fully saturated rings. The van der Waals surface area contributed by atoms with Crippen molar-refractivity contribution in [2.45, 2.75) is 19.4 Å². The minimum absolute atomic E-state index is 0.119. The summed E-state index contributed by atoms with van der Waals surface area (Å²) in [5.74, 6) is -0.856. The molecule has 0 aliphatic carbocycles. The highest BCUT2D eigenvalue weighted by Crippen LogP contribution is 2.24. The zero-order valence-corrected chi connectivity index (χ0v) is 10.8. The summed E-state index contributed by atoms with van der Waals surface area (Å²) in [6, 6.07) is 3.69. The van der Waals surface area contributed by atoms with Crippen LogP contribution in [0.25, 0.3) is 0 Å². The summed E-state index contributed by atoms with van der Waals surface area (Å²) in [4.78, 5) is 24.9. The Hall–Kier alpha value is -2.11. The molecule has 5 nitrogen and oxygen atoms in total. The number of rotatable bonds is 2. The van der Waals surface area contributed by atoms with Crippen LogP contribution in [0, 0.1) is 5.82 Å². The second-order valence-corrected chi connectivity index (χ2v) is 4.35. The number of amides is 2. The number of nitrogens with zero attached hydrogens (tertiary/aromatic N) is 1. The van der Waals surface area contributed by atoms with Gasteiger partial charge in [0.25, 0.3) is 0 Å². The average molecular weight is 266 g/mol. The molecule has 1 saturated heterocycles. The molecule has 6 heteroatoms. The fourth-order valence-electron chi connectivity index (χ4n) is 2.01. The van der Waals surface area contributed by atoms with Crippen molar-refractivity contribution < 1.29 is 18.7 Å². The monoisotopic (exact) mass is 266 g/mol. The molecule has 1 N–H and O–H groups in total. The van der Waals surface area contributed by atoms with Gasteiger partial charge in [0.05, 0.1) is 7.11 Å². The summed E-state index contributed by atoms with van der Waals surface area (Å²) in [5, 5.41) is 2.58. The third kappa shape index (κ3) is 2.67. The molecule has 1 heterocycles. The number of benzene rings is 1. The van der Waals surface area contributed by atoms with E-state index in [-0.39, 0.29) is 30.5 Å². The molecule has 2 amide bonds. The summed E-state index contributed by atoms with van der Waals surface area (Å²) >= 11 is 0. The van der Waals surface area contributed by atoms with Crippen LogP contribution in [0.1, 0.15) is 13.3 Å². The number of halogens is 1. The lowest BCUT2D eigenvalue weighted by atomic mass is 10.2. The smallest absolute Gasteiger partial charge is 0.249 e. The molecule has 1 unspecified atom stereocenters. The fraction of sp³-hybridized carbons (Fsp3) is 0.385. The molecule has 1 aromatic rings. The number of nitrogens with one attached hydrogen (secondary N) is 1. The highest BCUT2D eigenvalue weighted by Gasteiger charge is 2.27. The first kappa shape index (κ1) is 13.3. The van der Waals surface area contributed by atoms with Crippen molar-refractivity contribution in [2.75, 3.05) is 18.6 Å². The maximum absolute atomic E-state index is 13.7. The molecule has 1 atom stereocenters. The lowest BCUT2D eigenvalue weighted by molar-refractivity contribution is -0.125. The molecular weight excluding hydrogens is 251 g/mol. The van der Waals surface area contributed by atoms with E-state index in [1.165, 1.54) is 24.1 Å². The van der Waals surface area contributed by atoms with Crippen LogP contribution in [0.15, 0.2) is 18.2 Å².